The van der Waals surface area contributed by atoms with Gasteiger partial charge in [-0.05, 0) is 54.1 Å². The third-order valence-corrected chi connectivity index (χ3v) is 8.16. The second-order valence-corrected chi connectivity index (χ2v) is 11.3. The van der Waals surface area contributed by atoms with E-state index in [1.807, 2.05) is 53.1 Å². The summed E-state index contributed by atoms with van der Waals surface area (Å²) in [7, 11) is 0. The van der Waals surface area contributed by atoms with Gasteiger partial charge in [-0.2, -0.15) is 10.4 Å². The van der Waals surface area contributed by atoms with E-state index in [4.69, 9.17) is 21.0 Å². The normalized spacial score (nSPS) is 13.4. The molecule has 0 atom stereocenters. The maximum absolute atomic E-state index is 11.7. The number of carbonyl (C=O) groups is 1. The largest absolute Gasteiger partial charge is 0.383 e. The Hall–Kier alpha value is -6.19. The number of benzene rings is 2. The highest BCUT2D eigenvalue weighted by molar-refractivity contribution is 5.90. The molecule has 12 heteroatoms. The molecule has 0 aliphatic carbocycles. The predicted molar refractivity (Wildman–Crippen MR) is 180 cm³/mol. The minimum Gasteiger partial charge on any atom is -0.383 e. The van der Waals surface area contributed by atoms with Gasteiger partial charge in [0.15, 0.2) is 17.2 Å². The fraction of sp³-hybridized carbons (Fsp3) is 0.171. The molecule has 3 N–H and O–H groups in total. The van der Waals surface area contributed by atoms with Crippen LogP contribution in [-0.2, 0) is 11.3 Å². The molecular formula is C35H31N11O. The Bertz CT molecular complexity index is 2130. The van der Waals surface area contributed by atoms with Crippen LogP contribution in [0.3, 0.4) is 0 Å². The molecule has 47 heavy (non-hydrogen) atoms. The molecular weight excluding hydrogens is 590 g/mol. The third kappa shape index (κ3) is 6.20. The van der Waals surface area contributed by atoms with Gasteiger partial charge < -0.3 is 16.0 Å². The van der Waals surface area contributed by atoms with E-state index >= 15 is 0 Å². The van der Waals surface area contributed by atoms with E-state index in [9.17, 15) is 4.79 Å². The quantitative estimate of drug-likeness (QED) is 0.257. The van der Waals surface area contributed by atoms with Crippen molar-refractivity contribution in [1.82, 2.24) is 34.6 Å². The Labute approximate surface area is 271 Å². The fourth-order valence-corrected chi connectivity index (χ4v) is 5.87. The zero-order valence-electron chi connectivity index (χ0n) is 25.7. The van der Waals surface area contributed by atoms with Crippen LogP contribution in [0.1, 0.15) is 18.2 Å². The summed E-state index contributed by atoms with van der Waals surface area (Å²) in [5, 5.41) is 19.8. The summed E-state index contributed by atoms with van der Waals surface area (Å²) in [4.78, 5) is 30.6. The number of fused-ring (bicyclic) bond motifs is 1. The number of pyridine rings is 2. The first-order chi connectivity index (χ1) is 22.9. The number of nitriles is 1. The van der Waals surface area contributed by atoms with Crippen LogP contribution in [0.25, 0.3) is 39.5 Å². The summed E-state index contributed by atoms with van der Waals surface area (Å²) < 4.78 is 2.02. The van der Waals surface area contributed by atoms with Gasteiger partial charge in [-0.3, -0.25) is 14.3 Å². The van der Waals surface area contributed by atoms with E-state index in [1.54, 1.807) is 18.5 Å². The zero-order valence-corrected chi connectivity index (χ0v) is 25.7. The summed E-state index contributed by atoms with van der Waals surface area (Å²) >= 11 is 0. The number of hydrogen-bond donors (Lipinski definition) is 2. The van der Waals surface area contributed by atoms with Crippen molar-refractivity contribution in [3.05, 3.63) is 103 Å². The van der Waals surface area contributed by atoms with E-state index in [0.717, 1.165) is 60.9 Å². The fourth-order valence-electron chi connectivity index (χ4n) is 5.87. The molecule has 232 valence electrons. The number of nitrogens with zero attached hydrogens (tertiary/aromatic N) is 9. The van der Waals surface area contributed by atoms with Gasteiger partial charge in [0.2, 0.25) is 5.91 Å². The molecule has 1 aliphatic rings. The maximum atomic E-state index is 11.7. The van der Waals surface area contributed by atoms with E-state index in [-0.39, 0.29) is 5.91 Å². The summed E-state index contributed by atoms with van der Waals surface area (Å²) in [5.41, 5.74) is 14.1. The van der Waals surface area contributed by atoms with Crippen LogP contribution in [0.15, 0.2) is 91.3 Å². The summed E-state index contributed by atoms with van der Waals surface area (Å²) in [6.45, 7) is 5.75. The Morgan fingerprint density at radius 2 is 1.79 bits per heavy atom. The Kier molecular flexibility index (Phi) is 7.95. The van der Waals surface area contributed by atoms with Crippen molar-refractivity contribution in [1.29, 1.82) is 5.26 Å². The number of nitrogens with two attached hydrogens (primary N) is 1. The van der Waals surface area contributed by atoms with Gasteiger partial charge in [0.25, 0.3) is 0 Å². The minimum atomic E-state index is -0.134. The van der Waals surface area contributed by atoms with E-state index < -0.39 is 0 Å². The van der Waals surface area contributed by atoms with E-state index in [2.05, 4.69) is 60.6 Å². The molecule has 6 aromatic rings. The van der Waals surface area contributed by atoms with Crippen molar-refractivity contribution in [3.63, 3.8) is 0 Å². The minimum absolute atomic E-state index is 0.134. The van der Waals surface area contributed by atoms with Gasteiger partial charge >= 0.3 is 0 Å². The summed E-state index contributed by atoms with van der Waals surface area (Å²) in [6, 6.07) is 27.5. The average Bonchev–Trinajstić information content (AvgIpc) is 3.47. The smallest absolute Gasteiger partial charge is 0.221 e. The molecule has 5 heterocycles. The number of nitrogen functional groups attached to an aromatic ring is 1. The van der Waals surface area contributed by atoms with Crippen LogP contribution in [0.2, 0.25) is 0 Å². The standard InChI is InChI=1S/C35H31N11O/c1-23(47)40-26-5-2-4-25(18-26)31-11-12-32-35(41-31)46(34(42-32)30-6-3-13-38-33(30)37)28-9-7-24(8-10-28)22-44-14-16-45(17-15-44)29-19-27(20-36)43-39-21-29/h2-13,18-19,21H,14-17,22H2,1H3,(H2,37,38)(H,40,47). The number of anilines is 3. The summed E-state index contributed by atoms with van der Waals surface area (Å²) in [5.74, 6) is 0.899. The molecule has 1 amide bonds. The molecule has 4 aromatic heterocycles. The highest BCUT2D eigenvalue weighted by atomic mass is 16.1. The first-order valence-electron chi connectivity index (χ1n) is 15.2. The van der Waals surface area contributed by atoms with Crippen LogP contribution in [0.4, 0.5) is 17.2 Å². The van der Waals surface area contributed by atoms with Gasteiger partial charge in [-0.25, -0.2) is 15.0 Å². The van der Waals surface area contributed by atoms with Crippen LogP contribution >= 0.6 is 0 Å². The van der Waals surface area contributed by atoms with Gasteiger partial charge in [-0.15, -0.1) is 5.10 Å². The molecule has 1 aliphatic heterocycles. The first-order valence-corrected chi connectivity index (χ1v) is 15.2. The van der Waals surface area contributed by atoms with Crippen molar-refractivity contribution in [3.8, 4) is 34.4 Å². The summed E-state index contributed by atoms with van der Waals surface area (Å²) in [6.07, 6.45) is 3.37. The second-order valence-electron chi connectivity index (χ2n) is 11.3. The molecule has 0 saturated carbocycles. The Morgan fingerprint density at radius 1 is 0.957 bits per heavy atom. The number of aromatic nitrogens is 6. The highest BCUT2D eigenvalue weighted by Crippen LogP contribution is 2.32. The van der Waals surface area contributed by atoms with Crippen LogP contribution in [0.5, 0.6) is 0 Å². The lowest BCUT2D eigenvalue weighted by Gasteiger charge is -2.35. The molecule has 2 aromatic carbocycles. The average molecular weight is 622 g/mol. The van der Waals surface area contributed by atoms with Crippen molar-refractivity contribution >= 4 is 34.3 Å². The predicted octanol–water partition coefficient (Wildman–Crippen LogP) is 4.67. The number of amides is 1. The monoisotopic (exact) mass is 621 g/mol. The molecule has 0 bridgehead atoms. The van der Waals surface area contributed by atoms with Crippen molar-refractivity contribution in [2.24, 2.45) is 0 Å². The lowest BCUT2D eigenvalue weighted by atomic mass is 10.1. The van der Waals surface area contributed by atoms with Gasteiger partial charge in [0.1, 0.15) is 17.4 Å². The van der Waals surface area contributed by atoms with Crippen LogP contribution in [0, 0.1) is 11.3 Å². The van der Waals surface area contributed by atoms with Crippen molar-refractivity contribution in [2.75, 3.05) is 42.1 Å². The molecule has 12 nitrogen and oxygen atoms in total. The Morgan fingerprint density at radius 3 is 2.55 bits per heavy atom. The number of hydrogen-bond acceptors (Lipinski definition) is 10. The number of rotatable bonds is 7. The van der Waals surface area contributed by atoms with Gasteiger partial charge in [0.05, 0.1) is 23.1 Å². The highest BCUT2D eigenvalue weighted by Gasteiger charge is 2.21. The molecule has 0 unspecified atom stereocenters. The van der Waals surface area contributed by atoms with Crippen LogP contribution < -0.4 is 16.0 Å². The van der Waals surface area contributed by atoms with Gasteiger partial charge in [-0.1, -0.05) is 24.3 Å². The number of imidazole rings is 1. The molecule has 1 saturated heterocycles. The zero-order chi connectivity index (χ0) is 32.3. The SMILES string of the molecule is CC(=O)Nc1cccc(-c2ccc3nc(-c4cccnc4N)n(-c4ccc(CN5CCN(c6cnnc(C#N)c6)CC5)cc4)c3n2)c1. The Balaban J connectivity index is 1.18. The number of piperazine rings is 1. The van der Waals surface area contributed by atoms with Gasteiger partial charge in [0, 0.05) is 68.8 Å². The number of nitrogens with one attached hydrogen (secondary N) is 1. The number of carbonyl (C=O) groups excluding carboxylic acids is 1. The topological polar surface area (TPSA) is 155 Å². The van der Waals surface area contributed by atoms with E-state index in [1.165, 1.54) is 12.5 Å². The first kappa shape index (κ1) is 29.5. The maximum Gasteiger partial charge on any atom is 0.221 e. The lowest BCUT2D eigenvalue weighted by Crippen LogP contribution is -2.46. The lowest BCUT2D eigenvalue weighted by molar-refractivity contribution is -0.114. The molecule has 7 rings (SSSR count). The third-order valence-electron chi connectivity index (χ3n) is 8.16. The van der Waals surface area contributed by atoms with Crippen molar-refractivity contribution in [2.45, 2.75) is 13.5 Å². The van der Waals surface area contributed by atoms with Crippen LogP contribution in [-0.4, -0.2) is 66.7 Å². The molecule has 1 fully saturated rings. The van der Waals surface area contributed by atoms with E-state index in [0.29, 0.717) is 34.2 Å². The molecule has 0 radical (unpaired) electrons. The second kappa shape index (κ2) is 12.7. The van der Waals surface area contributed by atoms with Crippen molar-refractivity contribution < 1.29 is 4.79 Å². The molecule has 0 spiro atoms.